The number of carbonyl (C=O) groups excluding carboxylic acids is 1. The van der Waals surface area contributed by atoms with Gasteiger partial charge in [0.2, 0.25) is 5.91 Å². The van der Waals surface area contributed by atoms with Gasteiger partial charge >= 0.3 is 0 Å². The van der Waals surface area contributed by atoms with Gasteiger partial charge in [0.25, 0.3) is 0 Å². The van der Waals surface area contributed by atoms with Crippen molar-refractivity contribution in [1.82, 2.24) is 14.5 Å². The number of hydrogen-bond donors (Lipinski definition) is 0. The molecule has 108 valence electrons. The van der Waals surface area contributed by atoms with Gasteiger partial charge in [-0.05, 0) is 0 Å². The highest BCUT2D eigenvalue weighted by molar-refractivity contribution is 5.75. The lowest BCUT2D eigenvalue weighted by molar-refractivity contribution is -0.130. The van der Waals surface area contributed by atoms with Crippen LogP contribution >= 0.6 is 0 Å². The topological polar surface area (TPSA) is 61.9 Å². The first-order valence-electron chi connectivity index (χ1n) is 6.90. The molecule has 1 aromatic heterocycles. The summed E-state index contributed by atoms with van der Waals surface area (Å²) in [5.74, 6) is 0.904. The lowest BCUT2D eigenvalue weighted by atomic mass is 10.2. The van der Waals surface area contributed by atoms with E-state index in [4.69, 9.17) is 5.26 Å². The molecule has 0 saturated heterocycles. The summed E-state index contributed by atoms with van der Waals surface area (Å²) >= 11 is 0. The summed E-state index contributed by atoms with van der Waals surface area (Å²) in [7, 11) is 1.73. The maximum Gasteiger partial charge on any atom is 0.224 e. The van der Waals surface area contributed by atoms with Gasteiger partial charge in [0, 0.05) is 44.5 Å². The Morgan fingerprint density at radius 1 is 1.38 bits per heavy atom. The van der Waals surface area contributed by atoms with E-state index in [-0.39, 0.29) is 5.91 Å². The van der Waals surface area contributed by atoms with Crippen LogP contribution in [0.2, 0.25) is 0 Å². The summed E-state index contributed by atoms with van der Waals surface area (Å²) in [6.45, 7) is 1.06. The Morgan fingerprint density at radius 3 is 2.86 bits per heavy atom. The van der Waals surface area contributed by atoms with E-state index in [0.29, 0.717) is 25.9 Å². The number of aryl methyl sites for hydroxylation is 1. The molecule has 21 heavy (non-hydrogen) atoms. The van der Waals surface area contributed by atoms with Crippen LogP contribution in [0.1, 0.15) is 12.8 Å². The van der Waals surface area contributed by atoms with Crippen LogP contribution in [0.25, 0.3) is 11.4 Å². The SMILES string of the molecule is CN(CCC#N)C(=O)CCn1ccnc1-c1ccccc1. The van der Waals surface area contributed by atoms with Gasteiger partial charge in [0.1, 0.15) is 5.82 Å². The van der Waals surface area contributed by atoms with E-state index in [1.165, 1.54) is 0 Å². The smallest absolute Gasteiger partial charge is 0.224 e. The molecular weight excluding hydrogens is 264 g/mol. The molecule has 2 aromatic rings. The van der Waals surface area contributed by atoms with Crippen molar-refractivity contribution < 1.29 is 4.79 Å². The third kappa shape index (κ3) is 3.93. The van der Waals surface area contributed by atoms with E-state index in [1.54, 1.807) is 18.1 Å². The van der Waals surface area contributed by atoms with Crippen LogP contribution in [0, 0.1) is 11.3 Å². The lowest BCUT2D eigenvalue weighted by Gasteiger charge is -2.16. The average molecular weight is 282 g/mol. The van der Waals surface area contributed by atoms with Crippen molar-refractivity contribution in [2.45, 2.75) is 19.4 Å². The van der Waals surface area contributed by atoms with Crippen LogP contribution in [0.4, 0.5) is 0 Å². The van der Waals surface area contributed by atoms with Crippen molar-refractivity contribution in [3.63, 3.8) is 0 Å². The first-order valence-corrected chi connectivity index (χ1v) is 6.90. The second-order valence-electron chi connectivity index (χ2n) is 4.78. The first-order chi connectivity index (χ1) is 10.2. The van der Waals surface area contributed by atoms with Gasteiger partial charge in [-0.15, -0.1) is 0 Å². The molecule has 0 fully saturated rings. The van der Waals surface area contributed by atoms with Crippen molar-refractivity contribution in [1.29, 1.82) is 5.26 Å². The van der Waals surface area contributed by atoms with Crippen molar-refractivity contribution in [3.05, 3.63) is 42.7 Å². The van der Waals surface area contributed by atoms with E-state index in [2.05, 4.69) is 4.98 Å². The molecular formula is C16H18N4O. The number of aromatic nitrogens is 2. The molecule has 1 amide bonds. The third-order valence-corrected chi connectivity index (χ3v) is 3.30. The molecule has 2 rings (SSSR count). The Balaban J connectivity index is 1.98. The van der Waals surface area contributed by atoms with Gasteiger partial charge < -0.3 is 9.47 Å². The molecule has 1 heterocycles. The molecule has 0 saturated carbocycles. The lowest BCUT2D eigenvalue weighted by Crippen LogP contribution is -2.28. The van der Waals surface area contributed by atoms with Crippen LogP contribution in [0.3, 0.4) is 0 Å². The Morgan fingerprint density at radius 2 is 2.14 bits per heavy atom. The van der Waals surface area contributed by atoms with Crippen LogP contribution < -0.4 is 0 Å². The molecule has 5 nitrogen and oxygen atoms in total. The number of amides is 1. The van der Waals surface area contributed by atoms with Crippen LogP contribution in [-0.2, 0) is 11.3 Å². The second kappa shape index (κ2) is 7.25. The minimum absolute atomic E-state index is 0.0398. The summed E-state index contributed by atoms with van der Waals surface area (Å²) in [5.41, 5.74) is 1.03. The van der Waals surface area contributed by atoms with E-state index in [1.807, 2.05) is 47.2 Å². The van der Waals surface area contributed by atoms with E-state index in [9.17, 15) is 4.79 Å². The Hall–Kier alpha value is -2.61. The summed E-state index contributed by atoms with van der Waals surface area (Å²) in [6, 6.07) is 11.9. The average Bonchev–Trinajstić information content (AvgIpc) is 2.99. The predicted molar refractivity (Wildman–Crippen MR) is 80.1 cm³/mol. The predicted octanol–water partition coefficient (Wildman–Crippen LogP) is 2.31. The van der Waals surface area contributed by atoms with Crippen LogP contribution in [0.15, 0.2) is 42.7 Å². The van der Waals surface area contributed by atoms with Crippen LogP contribution in [-0.4, -0.2) is 34.0 Å². The summed E-state index contributed by atoms with van der Waals surface area (Å²) in [6.07, 6.45) is 4.39. The van der Waals surface area contributed by atoms with Gasteiger partial charge in [-0.3, -0.25) is 4.79 Å². The largest absolute Gasteiger partial charge is 0.345 e. The Labute approximate surface area is 124 Å². The summed E-state index contributed by atoms with van der Waals surface area (Å²) in [5, 5.41) is 8.54. The van der Waals surface area contributed by atoms with Crippen molar-refractivity contribution in [3.8, 4) is 17.5 Å². The highest BCUT2D eigenvalue weighted by Gasteiger charge is 2.10. The molecule has 0 aliphatic rings. The Kier molecular flexibility index (Phi) is 5.10. The number of nitriles is 1. The van der Waals surface area contributed by atoms with Crippen molar-refractivity contribution in [2.75, 3.05) is 13.6 Å². The molecule has 0 unspecified atom stereocenters. The monoisotopic (exact) mass is 282 g/mol. The summed E-state index contributed by atoms with van der Waals surface area (Å²) < 4.78 is 1.98. The summed E-state index contributed by atoms with van der Waals surface area (Å²) in [4.78, 5) is 17.9. The highest BCUT2D eigenvalue weighted by atomic mass is 16.2. The normalized spacial score (nSPS) is 10.1. The number of nitrogens with zero attached hydrogens (tertiary/aromatic N) is 4. The second-order valence-corrected chi connectivity index (χ2v) is 4.78. The molecule has 0 atom stereocenters. The molecule has 0 aliphatic carbocycles. The first kappa shape index (κ1) is 14.8. The fourth-order valence-electron chi connectivity index (χ4n) is 2.09. The standard InChI is InChI=1S/C16H18N4O/c1-19(11-5-9-17)15(21)8-12-20-13-10-18-16(20)14-6-3-2-4-7-14/h2-4,6-7,10,13H,5,8,11-12H2,1H3. The van der Waals surface area contributed by atoms with Gasteiger partial charge in [-0.2, -0.15) is 5.26 Å². The van der Waals surface area contributed by atoms with Crippen molar-refractivity contribution >= 4 is 5.91 Å². The third-order valence-electron chi connectivity index (χ3n) is 3.30. The zero-order valence-corrected chi connectivity index (χ0v) is 12.1. The van der Waals surface area contributed by atoms with Gasteiger partial charge in [-0.1, -0.05) is 30.3 Å². The fourth-order valence-corrected chi connectivity index (χ4v) is 2.09. The number of rotatable bonds is 6. The van der Waals surface area contributed by atoms with Crippen LogP contribution in [0.5, 0.6) is 0 Å². The van der Waals surface area contributed by atoms with Gasteiger partial charge in [0.05, 0.1) is 12.5 Å². The minimum Gasteiger partial charge on any atom is -0.345 e. The fraction of sp³-hybridized carbons (Fsp3) is 0.312. The molecule has 0 N–H and O–H groups in total. The highest BCUT2D eigenvalue weighted by Crippen LogP contribution is 2.17. The molecule has 5 heteroatoms. The minimum atomic E-state index is 0.0398. The zero-order chi connectivity index (χ0) is 15.1. The van der Waals surface area contributed by atoms with E-state index < -0.39 is 0 Å². The van der Waals surface area contributed by atoms with Gasteiger partial charge in [0.15, 0.2) is 0 Å². The van der Waals surface area contributed by atoms with E-state index in [0.717, 1.165) is 11.4 Å². The molecule has 0 radical (unpaired) electrons. The molecule has 0 aliphatic heterocycles. The van der Waals surface area contributed by atoms with Gasteiger partial charge in [-0.25, -0.2) is 4.98 Å². The number of hydrogen-bond acceptors (Lipinski definition) is 3. The maximum absolute atomic E-state index is 12.0. The maximum atomic E-state index is 12.0. The molecule has 0 bridgehead atoms. The molecule has 0 spiro atoms. The van der Waals surface area contributed by atoms with E-state index >= 15 is 0 Å². The Bertz CT molecular complexity index is 627. The quantitative estimate of drug-likeness (QED) is 0.816. The number of imidazole rings is 1. The van der Waals surface area contributed by atoms with Crippen molar-refractivity contribution in [2.24, 2.45) is 0 Å². The zero-order valence-electron chi connectivity index (χ0n) is 12.1. The number of carbonyl (C=O) groups is 1. The molecule has 1 aromatic carbocycles. The number of benzene rings is 1.